The molecule has 0 radical (unpaired) electrons. The predicted octanol–water partition coefficient (Wildman–Crippen LogP) is 4.66. The van der Waals surface area contributed by atoms with E-state index in [1.807, 2.05) is 49.4 Å². The molecular weight excluding hydrogens is 315 g/mol. The topological polar surface area (TPSA) is 41.1 Å². The number of anilines is 1. The molecule has 3 nitrogen and oxygen atoms in total. The van der Waals surface area contributed by atoms with E-state index in [1.54, 1.807) is 25.1 Å². The fourth-order valence-electron chi connectivity index (χ4n) is 2.88. The number of fused-ring (bicyclic) bond motifs is 1. The molecular formula is C21H21FN2O. The van der Waals surface area contributed by atoms with E-state index in [4.69, 9.17) is 0 Å². The van der Waals surface area contributed by atoms with Crippen molar-refractivity contribution in [3.05, 3.63) is 78.1 Å². The van der Waals surface area contributed by atoms with Gasteiger partial charge < -0.3 is 5.32 Å². The van der Waals surface area contributed by atoms with E-state index in [1.165, 1.54) is 6.07 Å². The molecule has 0 heterocycles. The van der Waals surface area contributed by atoms with E-state index in [0.717, 1.165) is 16.5 Å². The zero-order chi connectivity index (χ0) is 17.8. The van der Waals surface area contributed by atoms with Crippen molar-refractivity contribution in [1.29, 1.82) is 0 Å². The SMILES string of the molecule is CC(NC(C)c1ccccc1F)C(=O)Nc1ccc2ccccc2c1. The molecule has 0 aliphatic rings. The maximum absolute atomic E-state index is 13.8. The molecule has 0 fully saturated rings. The Hall–Kier alpha value is -2.72. The summed E-state index contributed by atoms with van der Waals surface area (Å²) < 4.78 is 13.8. The number of rotatable bonds is 5. The van der Waals surface area contributed by atoms with Crippen LogP contribution in [0, 0.1) is 5.82 Å². The van der Waals surface area contributed by atoms with Crippen molar-refractivity contribution < 1.29 is 9.18 Å². The van der Waals surface area contributed by atoms with Crippen molar-refractivity contribution in [2.45, 2.75) is 25.9 Å². The van der Waals surface area contributed by atoms with Crippen LogP contribution >= 0.6 is 0 Å². The first-order chi connectivity index (χ1) is 12.0. The smallest absolute Gasteiger partial charge is 0.241 e. The highest BCUT2D eigenvalue weighted by atomic mass is 19.1. The maximum Gasteiger partial charge on any atom is 0.241 e. The molecule has 0 aliphatic heterocycles. The monoisotopic (exact) mass is 336 g/mol. The predicted molar refractivity (Wildman–Crippen MR) is 100.0 cm³/mol. The quantitative estimate of drug-likeness (QED) is 0.712. The van der Waals surface area contributed by atoms with E-state index in [9.17, 15) is 9.18 Å². The lowest BCUT2D eigenvalue weighted by Gasteiger charge is -2.20. The van der Waals surface area contributed by atoms with Crippen molar-refractivity contribution in [2.75, 3.05) is 5.32 Å². The van der Waals surface area contributed by atoms with Gasteiger partial charge in [0.05, 0.1) is 6.04 Å². The first kappa shape index (κ1) is 17.1. The van der Waals surface area contributed by atoms with Crippen LogP contribution < -0.4 is 10.6 Å². The highest BCUT2D eigenvalue weighted by Crippen LogP contribution is 2.20. The average molecular weight is 336 g/mol. The van der Waals surface area contributed by atoms with Gasteiger partial charge in [0.2, 0.25) is 5.91 Å². The summed E-state index contributed by atoms with van der Waals surface area (Å²) in [7, 11) is 0. The summed E-state index contributed by atoms with van der Waals surface area (Å²) in [5, 5.41) is 8.25. The Labute approximate surface area is 146 Å². The molecule has 25 heavy (non-hydrogen) atoms. The Morgan fingerprint density at radius 1 is 0.920 bits per heavy atom. The first-order valence-electron chi connectivity index (χ1n) is 8.35. The van der Waals surface area contributed by atoms with Gasteiger partial charge in [-0.05, 0) is 42.8 Å². The third kappa shape index (κ3) is 4.03. The van der Waals surface area contributed by atoms with Gasteiger partial charge in [-0.25, -0.2) is 4.39 Å². The van der Waals surface area contributed by atoms with Crippen molar-refractivity contribution >= 4 is 22.4 Å². The van der Waals surface area contributed by atoms with Gasteiger partial charge in [0.15, 0.2) is 0 Å². The second-order valence-electron chi connectivity index (χ2n) is 6.18. The van der Waals surface area contributed by atoms with Gasteiger partial charge in [-0.3, -0.25) is 10.1 Å². The van der Waals surface area contributed by atoms with Crippen LogP contribution in [0.4, 0.5) is 10.1 Å². The van der Waals surface area contributed by atoms with Crippen LogP contribution in [0.1, 0.15) is 25.5 Å². The summed E-state index contributed by atoms with van der Waals surface area (Å²) in [4.78, 5) is 12.4. The molecule has 0 spiro atoms. The van der Waals surface area contributed by atoms with Crippen LogP contribution in [-0.2, 0) is 4.79 Å². The van der Waals surface area contributed by atoms with Crippen molar-refractivity contribution in [2.24, 2.45) is 0 Å². The molecule has 0 saturated carbocycles. The van der Waals surface area contributed by atoms with Gasteiger partial charge in [-0.1, -0.05) is 48.5 Å². The molecule has 0 aromatic heterocycles. The largest absolute Gasteiger partial charge is 0.325 e. The van der Waals surface area contributed by atoms with Crippen LogP contribution in [0.5, 0.6) is 0 Å². The highest BCUT2D eigenvalue weighted by molar-refractivity contribution is 5.97. The second kappa shape index (κ2) is 7.45. The summed E-state index contributed by atoms with van der Waals surface area (Å²) in [6.45, 7) is 3.62. The lowest BCUT2D eigenvalue weighted by atomic mass is 10.1. The Bertz CT molecular complexity index is 894. The molecule has 1 amide bonds. The van der Waals surface area contributed by atoms with Crippen LogP contribution in [0.25, 0.3) is 10.8 Å². The van der Waals surface area contributed by atoms with E-state index in [-0.39, 0.29) is 17.8 Å². The van der Waals surface area contributed by atoms with E-state index in [0.29, 0.717) is 5.56 Å². The number of carbonyl (C=O) groups is 1. The van der Waals surface area contributed by atoms with Crippen LogP contribution in [-0.4, -0.2) is 11.9 Å². The standard InChI is InChI=1S/C21H21FN2O/c1-14(19-9-5-6-10-20(19)22)23-15(2)21(25)24-18-12-11-16-7-3-4-8-17(16)13-18/h3-15,23H,1-2H3,(H,24,25). The Balaban J connectivity index is 1.66. The van der Waals surface area contributed by atoms with E-state index in [2.05, 4.69) is 10.6 Å². The molecule has 3 aromatic carbocycles. The third-order valence-corrected chi connectivity index (χ3v) is 4.28. The highest BCUT2D eigenvalue weighted by Gasteiger charge is 2.18. The van der Waals surface area contributed by atoms with Crippen LogP contribution in [0.3, 0.4) is 0 Å². The summed E-state index contributed by atoms with van der Waals surface area (Å²) in [5.41, 5.74) is 1.30. The number of hydrogen-bond donors (Lipinski definition) is 2. The number of benzene rings is 3. The van der Waals surface area contributed by atoms with Crippen LogP contribution in [0.2, 0.25) is 0 Å². The summed E-state index contributed by atoms with van der Waals surface area (Å²) >= 11 is 0. The van der Waals surface area contributed by atoms with Crippen molar-refractivity contribution in [3.8, 4) is 0 Å². The Morgan fingerprint density at radius 2 is 1.60 bits per heavy atom. The molecule has 2 atom stereocenters. The first-order valence-corrected chi connectivity index (χ1v) is 8.35. The van der Waals surface area contributed by atoms with Gasteiger partial charge in [0.25, 0.3) is 0 Å². The lowest BCUT2D eigenvalue weighted by molar-refractivity contribution is -0.117. The van der Waals surface area contributed by atoms with Gasteiger partial charge in [-0.15, -0.1) is 0 Å². The molecule has 0 saturated heterocycles. The molecule has 3 aromatic rings. The van der Waals surface area contributed by atoms with Crippen molar-refractivity contribution in [3.63, 3.8) is 0 Å². The molecule has 0 bridgehead atoms. The number of carbonyl (C=O) groups excluding carboxylic acids is 1. The zero-order valence-electron chi connectivity index (χ0n) is 14.3. The summed E-state index contributed by atoms with van der Waals surface area (Å²) in [6, 6.07) is 19.7. The van der Waals surface area contributed by atoms with Crippen molar-refractivity contribution in [1.82, 2.24) is 5.32 Å². The van der Waals surface area contributed by atoms with Gasteiger partial charge in [0.1, 0.15) is 5.82 Å². The summed E-state index contributed by atoms with van der Waals surface area (Å²) in [5.74, 6) is -0.428. The minimum atomic E-state index is -0.457. The fourth-order valence-corrected chi connectivity index (χ4v) is 2.88. The summed E-state index contributed by atoms with van der Waals surface area (Å²) in [6.07, 6.45) is 0. The Morgan fingerprint density at radius 3 is 2.36 bits per heavy atom. The normalized spacial score (nSPS) is 13.4. The Kier molecular flexibility index (Phi) is 5.10. The molecule has 2 N–H and O–H groups in total. The third-order valence-electron chi connectivity index (χ3n) is 4.28. The fraction of sp³-hybridized carbons (Fsp3) is 0.190. The molecule has 2 unspecified atom stereocenters. The van der Waals surface area contributed by atoms with Gasteiger partial charge in [0, 0.05) is 17.3 Å². The van der Waals surface area contributed by atoms with Crippen LogP contribution in [0.15, 0.2) is 66.7 Å². The minimum Gasteiger partial charge on any atom is -0.325 e. The van der Waals surface area contributed by atoms with E-state index < -0.39 is 6.04 Å². The lowest BCUT2D eigenvalue weighted by Crippen LogP contribution is -2.39. The van der Waals surface area contributed by atoms with Gasteiger partial charge >= 0.3 is 0 Å². The average Bonchev–Trinajstić information content (AvgIpc) is 2.61. The molecule has 0 aliphatic carbocycles. The molecule has 128 valence electrons. The molecule has 3 rings (SSSR count). The number of hydrogen-bond acceptors (Lipinski definition) is 2. The second-order valence-corrected chi connectivity index (χ2v) is 6.18. The number of halogens is 1. The number of amides is 1. The molecule has 4 heteroatoms. The minimum absolute atomic E-state index is 0.154. The van der Waals surface area contributed by atoms with E-state index >= 15 is 0 Å². The number of nitrogens with one attached hydrogen (secondary N) is 2. The maximum atomic E-state index is 13.8. The van der Waals surface area contributed by atoms with Gasteiger partial charge in [-0.2, -0.15) is 0 Å². The zero-order valence-corrected chi connectivity index (χ0v) is 14.3.